The molecule has 19 heavy (non-hydrogen) atoms. The fourth-order valence-corrected chi connectivity index (χ4v) is 2.11. The number of carbonyl (C=O) groups is 1. The van der Waals surface area contributed by atoms with Crippen molar-refractivity contribution in [3.05, 3.63) is 45.0 Å². The van der Waals surface area contributed by atoms with Gasteiger partial charge in [0.1, 0.15) is 17.5 Å². The Balaban J connectivity index is 2.34. The van der Waals surface area contributed by atoms with Gasteiger partial charge in [-0.25, -0.2) is 0 Å². The number of nitrogens with zero attached hydrogens (tertiary/aromatic N) is 3. The van der Waals surface area contributed by atoms with Crippen molar-refractivity contribution in [2.24, 2.45) is 7.05 Å². The van der Waals surface area contributed by atoms with E-state index >= 15 is 0 Å². The largest absolute Gasteiger partial charge is 0.306 e. The average molecular weight is 340 g/mol. The van der Waals surface area contributed by atoms with Crippen molar-refractivity contribution in [1.82, 2.24) is 9.78 Å². The zero-order valence-corrected chi connectivity index (χ0v) is 12.2. The van der Waals surface area contributed by atoms with Gasteiger partial charge in [0.25, 0.3) is 5.91 Å². The standard InChI is InChI=1S/C12H8BrClN4O/c1-18-11(7(5-15)6-16-18)17-12(19)9-4-8(14)2-3-10(9)13/h2-4,6H,1H3,(H,17,19). The molecule has 0 aliphatic heterocycles. The number of nitrogens with one attached hydrogen (secondary N) is 1. The van der Waals surface area contributed by atoms with E-state index in [0.717, 1.165) is 0 Å². The predicted octanol–water partition coefficient (Wildman–Crippen LogP) is 2.96. The summed E-state index contributed by atoms with van der Waals surface area (Å²) in [6, 6.07) is 6.87. The molecule has 0 radical (unpaired) electrons. The highest BCUT2D eigenvalue weighted by Gasteiger charge is 2.15. The molecule has 1 amide bonds. The number of halogens is 2. The zero-order chi connectivity index (χ0) is 14.0. The first-order valence-corrected chi connectivity index (χ1v) is 6.38. The van der Waals surface area contributed by atoms with Gasteiger partial charge in [0.05, 0.1) is 11.8 Å². The number of aryl methyl sites for hydroxylation is 1. The highest BCUT2D eigenvalue weighted by Crippen LogP contribution is 2.23. The number of amides is 1. The van der Waals surface area contributed by atoms with E-state index in [1.54, 1.807) is 25.2 Å². The first kappa shape index (κ1) is 13.6. The first-order chi connectivity index (χ1) is 9.02. The maximum absolute atomic E-state index is 12.2. The highest BCUT2D eigenvalue weighted by molar-refractivity contribution is 9.10. The summed E-state index contributed by atoms with van der Waals surface area (Å²) in [6.07, 6.45) is 1.39. The highest BCUT2D eigenvalue weighted by atomic mass is 79.9. The van der Waals surface area contributed by atoms with Crippen molar-refractivity contribution in [2.75, 3.05) is 5.32 Å². The monoisotopic (exact) mass is 338 g/mol. The van der Waals surface area contributed by atoms with Gasteiger partial charge >= 0.3 is 0 Å². The summed E-state index contributed by atoms with van der Waals surface area (Å²) >= 11 is 9.14. The van der Waals surface area contributed by atoms with E-state index in [-0.39, 0.29) is 5.91 Å². The quantitative estimate of drug-likeness (QED) is 0.914. The minimum absolute atomic E-state index is 0.300. The molecule has 0 bridgehead atoms. The van der Waals surface area contributed by atoms with Crippen molar-refractivity contribution < 1.29 is 4.79 Å². The first-order valence-electron chi connectivity index (χ1n) is 5.21. The molecule has 1 N–H and O–H groups in total. The summed E-state index contributed by atoms with van der Waals surface area (Å²) in [5.74, 6) is -0.0196. The lowest BCUT2D eigenvalue weighted by Crippen LogP contribution is -2.16. The molecule has 0 fully saturated rings. The molecule has 7 heteroatoms. The molecule has 5 nitrogen and oxygen atoms in total. The molecular weight excluding hydrogens is 332 g/mol. The van der Waals surface area contributed by atoms with Crippen LogP contribution in [0.5, 0.6) is 0 Å². The number of hydrogen-bond donors (Lipinski definition) is 1. The number of hydrogen-bond acceptors (Lipinski definition) is 3. The van der Waals surface area contributed by atoms with Crippen molar-refractivity contribution >= 4 is 39.3 Å². The molecule has 96 valence electrons. The van der Waals surface area contributed by atoms with Crippen LogP contribution in [0.1, 0.15) is 15.9 Å². The Hall–Kier alpha value is -1.84. The number of aromatic nitrogens is 2. The molecule has 1 aromatic heterocycles. The van der Waals surface area contributed by atoms with E-state index in [0.29, 0.717) is 26.4 Å². The van der Waals surface area contributed by atoms with E-state index in [1.165, 1.54) is 10.9 Å². The maximum Gasteiger partial charge on any atom is 0.258 e. The molecule has 0 saturated carbocycles. The average Bonchev–Trinajstić information content (AvgIpc) is 2.73. The second-order valence-corrected chi connectivity index (χ2v) is 5.01. The number of nitriles is 1. The van der Waals surface area contributed by atoms with Crippen LogP contribution >= 0.6 is 27.5 Å². The molecule has 1 heterocycles. The Morgan fingerprint density at radius 1 is 1.58 bits per heavy atom. The SMILES string of the molecule is Cn1ncc(C#N)c1NC(=O)c1cc(Cl)ccc1Br. The van der Waals surface area contributed by atoms with Gasteiger partial charge in [0.15, 0.2) is 0 Å². The Kier molecular flexibility index (Phi) is 3.88. The van der Waals surface area contributed by atoms with Crippen molar-refractivity contribution in [1.29, 1.82) is 5.26 Å². The summed E-state index contributed by atoms with van der Waals surface area (Å²) in [4.78, 5) is 12.2. The molecule has 1 aromatic carbocycles. The molecule has 0 spiro atoms. The molecule has 0 unspecified atom stereocenters. The second kappa shape index (κ2) is 5.43. The topological polar surface area (TPSA) is 70.7 Å². The van der Waals surface area contributed by atoms with Crippen LogP contribution in [0.2, 0.25) is 5.02 Å². The van der Waals surface area contributed by atoms with Crippen LogP contribution in [0.25, 0.3) is 0 Å². The molecule has 0 aliphatic carbocycles. The Morgan fingerprint density at radius 3 is 3.00 bits per heavy atom. The number of anilines is 1. The predicted molar refractivity (Wildman–Crippen MR) is 75.0 cm³/mol. The third-order valence-corrected chi connectivity index (χ3v) is 3.39. The minimum Gasteiger partial charge on any atom is -0.306 e. The zero-order valence-electron chi connectivity index (χ0n) is 9.82. The van der Waals surface area contributed by atoms with Crippen molar-refractivity contribution in [2.45, 2.75) is 0 Å². The van der Waals surface area contributed by atoms with Gasteiger partial charge in [-0.3, -0.25) is 9.48 Å². The van der Waals surface area contributed by atoms with E-state index in [2.05, 4.69) is 26.3 Å². The van der Waals surface area contributed by atoms with Gasteiger partial charge in [0, 0.05) is 16.5 Å². The van der Waals surface area contributed by atoms with E-state index in [1.807, 2.05) is 6.07 Å². The Labute approximate surface area is 122 Å². The Morgan fingerprint density at radius 2 is 2.32 bits per heavy atom. The summed E-state index contributed by atoms with van der Waals surface area (Å²) in [7, 11) is 1.64. The summed E-state index contributed by atoms with van der Waals surface area (Å²) in [5.41, 5.74) is 0.687. The molecule has 0 atom stereocenters. The third kappa shape index (κ3) is 2.78. The molecule has 2 aromatic rings. The third-order valence-electron chi connectivity index (χ3n) is 2.46. The number of carbonyl (C=O) groups excluding carboxylic acids is 1. The van der Waals surface area contributed by atoms with Crippen LogP contribution < -0.4 is 5.32 Å². The molecular formula is C12H8BrClN4O. The molecule has 0 saturated heterocycles. The van der Waals surface area contributed by atoms with Crippen LogP contribution in [0, 0.1) is 11.3 Å². The maximum atomic E-state index is 12.2. The van der Waals surface area contributed by atoms with Gasteiger partial charge in [-0.05, 0) is 34.1 Å². The van der Waals surface area contributed by atoms with Gasteiger partial charge in [-0.2, -0.15) is 10.4 Å². The summed E-state index contributed by atoms with van der Waals surface area (Å²) in [6.45, 7) is 0. The fourth-order valence-electron chi connectivity index (χ4n) is 1.51. The van der Waals surface area contributed by atoms with Crippen LogP contribution in [-0.2, 0) is 7.05 Å². The van der Waals surface area contributed by atoms with Gasteiger partial charge in [-0.15, -0.1) is 0 Å². The van der Waals surface area contributed by atoms with Crippen LogP contribution in [0.15, 0.2) is 28.9 Å². The van der Waals surface area contributed by atoms with E-state index < -0.39 is 0 Å². The van der Waals surface area contributed by atoms with E-state index in [4.69, 9.17) is 16.9 Å². The normalized spacial score (nSPS) is 10.0. The number of rotatable bonds is 2. The number of benzene rings is 1. The molecule has 2 rings (SSSR count). The van der Waals surface area contributed by atoms with Crippen LogP contribution in [0.4, 0.5) is 5.82 Å². The lowest BCUT2D eigenvalue weighted by molar-refractivity contribution is 0.102. The summed E-state index contributed by atoms with van der Waals surface area (Å²) < 4.78 is 2.05. The summed E-state index contributed by atoms with van der Waals surface area (Å²) in [5, 5.41) is 15.9. The Bertz CT molecular complexity index is 690. The second-order valence-electron chi connectivity index (χ2n) is 3.72. The molecule has 0 aliphatic rings. The fraction of sp³-hybridized carbons (Fsp3) is 0.0833. The minimum atomic E-state index is -0.366. The van der Waals surface area contributed by atoms with Crippen molar-refractivity contribution in [3.8, 4) is 6.07 Å². The lowest BCUT2D eigenvalue weighted by atomic mass is 10.2. The van der Waals surface area contributed by atoms with Crippen molar-refractivity contribution in [3.63, 3.8) is 0 Å². The van der Waals surface area contributed by atoms with Gasteiger partial charge < -0.3 is 5.32 Å². The van der Waals surface area contributed by atoms with Crippen LogP contribution in [0.3, 0.4) is 0 Å². The van der Waals surface area contributed by atoms with Crippen LogP contribution in [-0.4, -0.2) is 15.7 Å². The van der Waals surface area contributed by atoms with Gasteiger partial charge in [0.2, 0.25) is 0 Å². The lowest BCUT2D eigenvalue weighted by Gasteiger charge is -2.08. The smallest absolute Gasteiger partial charge is 0.258 e. The van der Waals surface area contributed by atoms with E-state index in [9.17, 15) is 4.79 Å². The van der Waals surface area contributed by atoms with Gasteiger partial charge in [-0.1, -0.05) is 11.6 Å².